The van der Waals surface area contributed by atoms with Crippen LogP contribution in [-0.2, 0) is 9.59 Å². The Morgan fingerprint density at radius 3 is 2.37 bits per heavy atom. The van der Waals surface area contributed by atoms with E-state index in [1.807, 2.05) is 71.0 Å². The SMILES string of the molecule is COc1cc(C)c(/C(O)=C2\C(=O)C(=O)N(c3ccc(C)c(C)c3)C2c2cccnc2)cc1C(C)C. The summed E-state index contributed by atoms with van der Waals surface area (Å²) in [6.07, 6.45) is 3.26. The molecular weight excluding hydrogens is 440 g/mol. The highest BCUT2D eigenvalue weighted by molar-refractivity contribution is 6.51. The summed E-state index contributed by atoms with van der Waals surface area (Å²) in [6, 6.07) is 12.1. The fourth-order valence-electron chi connectivity index (χ4n) is 4.55. The van der Waals surface area contributed by atoms with E-state index < -0.39 is 17.7 Å². The Kier molecular flexibility index (Phi) is 6.48. The van der Waals surface area contributed by atoms with E-state index in [0.717, 1.165) is 22.3 Å². The number of aromatic nitrogens is 1. The van der Waals surface area contributed by atoms with Gasteiger partial charge in [0, 0.05) is 23.6 Å². The number of hydrogen-bond acceptors (Lipinski definition) is 5. The van der Waals surface area contributed by atoms with Crippen LogP contribution >= 0.6 is 0 Å². The smallest absolute Gasteiger partial charge is 0.300 e. The Morgan fingerprint density at radius 2 is 1.77 bits per heavy atom. The molecule has 2 aromatic carbocycles. The normalized spacial score (nSPS) is 17.3. The molecule has 1 N–H and O–H groups in total. The van der Waals surface area contributed by atoms with Gasteiger partial charge in [0.25, 0.3) is 11.7 Å². The zero-order valence-corrected chi connectivity index (χ0v) is 20.9. The van der Waals surface area contributed by atoms with Gasteiger partial charge in [0.05, 0.1) is 18.7 Å². The van der Waals surface area contributed by atoms with Crippen molar-refractivity contribution >= 4 is 23.1 Å². The maximum atomic E-state index is 13.4. The van der Waals surface area contributed by atoms with Crippen molar-refractivity contribution in [2.24, 2.45) is 0 Å². The molecule has 6 heteroatoms. The zero-order valence-electron chi connectivity index (χ0n) is 20.9. The van der Waals surface area contributed by atoms with Crippen molar-refractivity contribution in [1.29, 1.82) is 0 Å². The number of rotatable bonds is 5. The van der Waals surface area contributed by atoms with Crippen molar-refractivity contribution in [3.8, 4) is 5.75 Å². The Hall–Kier alpha value is -3.93. The first-order chi connectivity index (χ1) is 16.6. The number of aryl methyl sites for hydroxylation is 3. The summed E-state index contributed by atoms with van der Waals surface area (Å²) in [5, 5.41) is 11.6. The third kappa shape index (κ3) is 4.20. The molecule has 4 rings (SSSR count). The van der Waals surface area contributed by atoms with Crippen LogP contribution in [0.5, 0.6) is 5.75 Å². The van der Waals surface area contributed by atoms with E-state index in [1.54, 1.807) is 25.6 Å². The molecule has 0 bridgehead atoms. The highest BCUT2D eigenvalue weighted by atomic mass is 16.5. The number of carbonyl (C=O) groups is 2. The standard InChI is InChI=1S/C29H30N2O4/c1-16(2)22-14-23(19(5)13-24(22)35-6)27(32)25-26(20-8-7-11-30-15-20)31(29(34)28(25)33)21-10-9-17(3)18(4)12-21/h7-16,26,32H,1-6H3/b27-25+. The van der Waals surface area contributed by atoms with Gasteiger partial charge in [0.2, 0.25) is 0 Å². The molecule has 0 spiro atoms. The van der Waals surface area contributed by atoms with Crippen LogP contribution < -0.4 is 9.64 Å². The van der Waals surface area contributed by atoms with Crippen LogP contribution in [0.15, 0.2) is 60.4 Å². The van der Waals surface area contributed by atoms with Crippen LogP contribution in [0.4, 0.5) is 5.69 Å². The Balaban J connectivity index is 1.98. The highest BCUT2D eigenvalue weighted by Gasteiger charge is 2.47. The second-order valence-corrected chi connectivity index (χ2v) is 9.29. The zero-order chi connectivity index (χ0) is 25.4. The number of amides is 1. The van der Waals surface area contributed by atoms with Gasteiger partial charge in [-0.15, -0.1) is 0 Å². The second-order valence-electron chi connectivity index (χ2n) is 9.29. The van der Waals surface area contributed by atoms with Crippen LogP contribution in [-0.4, -0.2) is 28.9 Å². The van der Waals surface area contributed by atoms with E-state index in [9.17, 15) is 14.7 Å². The summed E-state index contributed by atoms with van der Waals surface area (Å²) in [7, 11) is 1.61. The molecule has 6 nitrogen and oxygen atoms in total. The third-order valence-electron chi connectivity index (χ3n) is 6.67. The third-order valence-corrected chi connectivity index (χ3v) is 6.67. The molecule has 0 aliphatic carbocycles. The van der Waals surface area contributed by atoms with Gasteiger partial charge in [0.15, 0.2) is 0 Å². The van der Waals surface area contributed by atoms with E-state index in [2.05, 4.69) is 4.98 Å². The van der Waals surface area contributed by atoms with Gasteiger partial charge in [0.1, 0.15) is 11.5 Å². The summed E-state index contributed by atoms with van der Waals surface area (Å²) in [5.41, 5.74) is 5.51. The summed E-state index contributed by atoms with van der Waals surface area (Å²) in [6.45, 7) is 9.87. The molecule has 180 valence electrons. The quantitative estimate of drug-likeness (QED) is 0.291. The first-order valence-electron chi connectivity index (χ1n) is 11.6. The number of carbonyl (C=O) groups excluding carboxylic acids is 2. The number of ketones is 1. The average molecular weight is 471 g/mol. The first-order valence-corrected chi connectivity index (χ1v) is 11.6. The minimum Gasteiger partial charge on any atom is -0.507 e. The van der Waals surface area contributed by atoms with Crippen LogP contribution in [0.3, 0.4) is 0 Å². The van der Waals surface area contributed by atoms with Crippen molar-refractivity contribution in [2.75, 3.05) is 12.0 Å². The van der Waals surface area contributed by atoms with Gasteiger partial charge in [-0.3, -0.25) is 19.5 Å². The molecule has 1 saturated heterocycles. The first kappa shape index (κ1) is 24.2. The average Bonchev–Trinajstić information content (AvgIpc) is 3.11. The van der Waals surface area contributed by atoms with Crippen LogP contribution in [0.2, 0.25) is 0 Å². The molecule has 0 radical (unpaired) electrons. The highest BCUT2D eigenvalue weighted by Crippen LogP contribution is 2.43. The number of ether oxygens (including phenoxy) is 1. The topological polar surface area (TPSA) is 79.7 Å². The minimum atomic E-state index is -0.810. The maximum absolute atomic E-state index is 13.4. The van der Waals surface area contributed by atoms with Gasteiger partial charge in [-0.05, 0) is 84.8 Å². The molecule has 0 saturated carbocycles. The van der Waals surface area contributed by atoms with Crippen LogP contribution in [0.25, 0.3) is 5.76 Å². The monoisotopic (exact) mass is 470 g/mol. The van der Waals surface area contributed by atoms with Gasteiger partial charge in [-0.2, -0.15) is 0 Å². The van der Waals surface area contributed by atoms with E-state index in [1.165, 1.54) is 4.90 Å². The van der Waals surface area contributed by atoms with E-state index in [4.69, 9.17) is 4.74 Å². The van der Waals surface area contributed by atoms with Crippen LogP contribution in [0, 0.1) is 20.8 Å². The molecule has 3 aromatic rings. The predicted molar refractivity (Wildman–Crippen MR) is 137 cm³/mol. The number of aliphatic hydroxyl groups is 1. The molecule has 1 unspecified atom stereocenters. The largest absolute Gasteiger partial charge is 0.507 e. The lowest BCUT2D eigenvalue weighted by Crippen LogP contribution is -2.29. The number of benzene rings is 2. The van der Waals surface area contributed by atoms with Crippen molar-refractivity contribution in [3.05, 3.63) is 93.8 Å². The van der Waals surface area contributed by atoms with Gasteiger partial charge in [-0.1, -0.05) is 26.0 Å². The molecule has 2 heterocycles. The molecular formula is C29H30N2O4. The number of aliphatic hydroxyl groups excluding tert-OH is 1. The number of Topliss-reactive ketones (excluding diaryl/α,β-unsaturated/α-hetero) is 1. The lowest BCUT2D eigenvalue weighted by atomic mass is 9.91. The number of nitrogens with zero attached hydrogens (tertiary/aromatic N) is 2. The van der Waals surface area contributed by atoms with Gasteiger partial charge >= 0.3 is 0 Å². The van der Waals surface area contributed by atoms with Crippen molar-refractivity contribution < 1.29 is 19.4 Å². The van der Waals surface area contributed by atoms with Crippen LogP contribution in [0.1, 0.15) is 59.2 Å². The number of anilines is 1. The number of hydrogen-bond donors (Lipinski definition) is 1. The van der Waals surface area contributed by atoms with Crippen molar-refractivity contribution in [1.82, 2.24) is 4.98 Å². The number of methoxy groups -OCH3 is 1. The maximum Gasteiger partial charge on any atom is 0.300 e. The molecule has 1 atom stereocenters. The molecule has 1 amide bonds. The molecule has 35 heavy (non-hydrogen) atoms. The van der Waals surface area contributed by atoms with Crippen molar-refractivity contribution in [3.63, 3.8) is 0 Å². The lowest BCUT2D eigenvalue weighted by Gasteiger charge is -2.26. The summed E-state index contributed by atoms with van der Waals surface area (Å²) >= 11 is 0. The van der Waals surface area contributed by atoms with Crippen molar-refractivity contribution in [2.45, 2.75) is 46.6 Å². The molecule has 1 fully saturated rings. The van der Waals surface area contributed by atoms with E-state index >= 15 is 0 Å². The van der Waals surface area contributed by atoms with E-state index in [-0.39, 0.29) is 17.3 Å². The second kappa shape index (κ2) is 9.37. The summed E-state index contributed by atoms with van der Waals surface area (Å²) in [4.78, 5) is 32.5. The fraction of sp³-hybridized carbons (Fsp3) is 0.276. The molecule has 1 aromatic heterocycles. The Morgan fingerprint density at radius 1 is 1.03 bits per heavy atom. The fourth-order valence-corrected chi connectivity index (χ4v) is 4.55. The predicted octanol–water partition coefficient (Wildman–Crippen LogP) is 5.77. The summed E-state index contributed by atoms with van der Waals surface area (Å²) < 4.78 is 5.54. The lowest BCUT2D eigenvalue weighted by molar-refractivity contribution is -0.132. The van der Waals surface area contributed by atoms with Gasteiger partial charge < -0.3 is 9.84 Å². The molecule has 1 aliphatic rings. The Bertz CT molecular complexity index is 1340. The van der Waals surface area contributed by atoms with Gasteiger partial charge in [-0.25, -0.2) is 0 Å². The number of pyridine rings is 1. The Labute approximate surface area is 205 Å². The minimum absolute atomic E-state index is 0.0456. The summed E-state index contributed by atoms with van der Waals surface area (Å²) in [5.74, 6) is -0.766. The van der Waals surface area contributed by atoms with E-state index in [0.29, 0.717) is 22.6 Å². The molecule has 1 aliphatic heterocycles.